The predicted octanol–water partition coefficient (Wildman–Crippen LogP) is 3.63. The van der Waals surface area contributed by atoms with Gasteiger partial charge in [0, 0.05) is 5.69 Å². The number of anilines is 1. The summed E-state index contributed by atoms with van der Waals surface area (Å²) in [4.78, 5) is 19.8. The zero-order chi connectivity index (χ0) is 20.3. The van der Waals surface area contributed by atoms with Crippen LogP contribution in [0.4, 0.5) is 14.5 Å². The molecule has 1 heterocycles. The molecule has 10 heteroatoms. The van der Waals surface area contributed by atoms with Gasteiger partial charge in [0.15, 0.2) is 5.69 Å². The highest BCUT2D eigenvalue weighted by Crippen LogP contribution is 2.19. The monoisotopic (exact) mass is 423 g/mol. The lowest BCUT2D eigenvalue weighted by Crippen LogP contribution is -2.18. The van der Waals surface area contributed by atoms with Gasteiger partial charge in [-0.3, -0.25) is 4.79 Å². The SMILES string of the molecule is O=C(Nc1ccc(F)cc1)c1nc(S(=O)(=O)Cc2ccc(F)cc2)ncc1Cl. The molecule has 0 saturated heterocycles. The van der Waals surface area contributed by atoms with Crippen LogP contribution in [0.15, 0.2) is 59.9 Å². The lowest BCUT2D eigenvalue weighted by molar-refractivity contribution is 0.102. The summed E-state index contributed by atoms with van der Waals surface area (Å²) in [7, 11) is -4.01. The van der Waals surface area contributed by atoms with Crippen molar-refractivity contribution in [3.05, 3.63) is 82.6 Å². The summed E-state index contributed by atoms with van der Waals surface area (Å²) in [6, 6.07) is 9.87. The summed E-state index contributed by atoms with van der Waals surface area (Å²) in [5, 5.41) is 1.70. The molecule has 1 amide bonds. The van der Waals surface area contributed by atoms with Crippen LogP contribution in [0.3, 0.4) is 0 Å². The molecular weight excluding hydrogens is 412 g/mol. The van der Waals surface area contributed by atoms with Crippen molar-refractivity contribution in [2.75, 3.05) is 5.32 Å². The zero-order valence-electron chi connectivity index (χ0n) is 14.1. The third kappa shape index (κ3) is 4.68. The highest BCUT2D eigenvalue weighted by Gasteiger charge is 2.23. The van der Waals surface area contributed by atoms with Gasteiger partial charge < -0.3 is 5.32 Å². The van der Waals surface area contributed by atoms with E-state index in [1.165, 1.54) is 24.3 Å². The molecule has 0 aliphatic heterocycles. The quantitative estimate of drug-likeness (QED) is 0.633. The van der Waals surface area contributed by atoms with Crippen molar-refractivity contribution in [3.8, 4) is 0 Å². The van der Waals surface area contributed by atoms with Crippen LogP contribution in [0, 0.1) is 11.6 Å². The highest BCUT2D eigenvalue weighted by atomic mass is 35.5. The van der Waals surface area contributed by atoms with Crippen LogP contribution < -0.4 is 5.32 Å². The van der Waals surface area contributed by atoms with Gasteiger partial charge in [-0.05, 0) is 42.0 Å². The zero-order valence-corrected chi connectivity index (χ0v) is 15.6. The van der Waals surface area contributed by atoms with Gasteiger partial charge in [0.2, 0.25) is 15.0 Å². The number of rotatable bonds is 5. The Hall–Kier alpha value is -2.91. The number of benzene rings is 2. The Kier molecular flexibility index (Phi) is 5.66. The van der Waals surface area contributed by atoms with Crippen LogP contribution in [-0.4, -0.2) is 24.3 Å². The first-order valence-corrected chi connectivity index (χ1v) is 9.84. The summed E-state index contributed by atoms with van der Waals surface area (Å²) >= 11 is 5.93. The number of hydrogen-bond donors (Lipinski definition) is 1. The molecule has 6 nitrogen and oxygen atoms in total. The molecule has 3 rings (SSSR count). The summed E-state index contributed by atoms with van der Waals surface area (Å²) in [6.07, 6.45) is 1.01. The molecule has 1 N–H and O–H groups in total. The smallest absolute Gasteiger partial charge is 0.275 e. The van der Waals surface area contributed by atoms with E-state index in [1.807, 2.05) is 0 Å². The van der Waals surface area contributed by atoms with E-state index in [-0.39, 0.29) is 16.4 Å². The maximum atomic E-state index is 13.0. The standard InChI is InChI=1S/C18H12ClF2N3O3S/c19-15-9-22-18(28(26,27)10-11-1-3-12(20)4-2-11)24-16(15)17(25)23-14-7-5-13(21)6-8-14/h1-9H,10H2,(H,23,25). The van der Waals surface area contributed by atoms with Crippen molar-refractivity contribution >= 4 is 33.0 Å². The van der Waals surface area contributed by atoms with E-state index in [2.05, 4.69) is 15.3 Å². The van der Waals surface area contributed by atoms with Crippen molar-refractivity contribution < 1.29 is 22.0 Å². The van der Waals surface area contributed by atoms with E-state index in [1.54, 1.807) is 0 Å². The van der Waals surface area contributed by atoms with E-state index in [4.69, 9.17) is 11.6 Å². The highest BCUT2D eigenvalue weighted by molar-refractivity contribution is 7.90. The lowest BCUT2D eigenvalue weighted by Gasteiger charge is -2.08. The first-order valence-electron chi connectivity index (χ1n) is 7.81. The van der Waals surface area contributed by atoms with Crippen LogP contribution >= 0.6 is 11.6 Å². The van der Waals surface area contributed by atoms with Gasteiger partial charge in [-0.2, -0.15) is 0 Å². The average molecular weight is 424 g/mol. The molecule has 2 aromatic carbocycles. The first-order chi connectivity index (χ1) is 13.2. The van der Waals surface area contributed by atoms with Gasteiger partial charge in [-0.1, -0.05) is 23.7 Å². The van der Waals surface area contributed by atoms with E-state index < -0.39 is 38.3 Å². The fourth-order valence-corrected chi connectivity index (χ4v) is 3.63. The summed E-state index contributed by atoms with van der Waals surface area (Å²) < 4.78 is 51.0. The first kappa shape index (κ1) is 19.8. The second-order valence-electron chi connectivity index (χ2n) is 5.70. The summed E-state index contributed by atoms with van der Waals surface area (Å²) in [5.41, 5.74) is 0.257. The molecule has 28 heavy (non-hydrogen) atoms. The van der Waals surface area contributed by atoms with Gasteiger partial charge in [0.05, 0.1) is 17.0 Å². The number of nitrogens with one attached hydrogen (secondary N) is 1. The Morgan fingerprint density at radius 3 is 2.18 bits per heavy atom. The van der Waals surface area contributed by atoms with Crippen LogP contribution in [0.5, 0.6) is 0 Å². The molecule has 1 aromatic heterocycles. The average Bonchev–Trinajstić information content (AvgIpc) is 2.65. The molecule has 0 radical (unpaired) electrons. The van der Waals surface area contributed by atoms with Gasteiger partial charge in [0.25, 0.3) is 5.91 Å². The molecule has 144 valence electrons. The van der Waals surface area contributed by atoms with E-state index in [0.717, 1.165) is 30.5 Å². The van der Waals surface area contributed by atoms with Crippen LogP contribution in [-0.2, 0) is 15.6 Å². The Morgan fingerprint density at radius 2 is 1.57 bits per heavy atom. The van der Waals surface area contributed by atoms with Gasteiger partial charge in [0.1, 0.15) is 11.6 Å². The summed E-state index contributed by atoms with van der Waals surface area (Å²) in [5.74, 6) is -2.23. The number of hydrogen-bond acceptors (Lipinski definition) is 5. The molecule has 0 unspecified atom stereocenters. The number of carbonyl (C=O) groups excluding carboxylic acids is 1. The number of carbonyl (C=O) groups is 1. The van der Waals surface area contributed by atoms with Crippen molar-refractivity contribution in [3.63, 3.8) is 0 Å². The van der Waals surface area contributed by atoms with Crippen LogP contribution in [0.1, 0.15) is 16.1 Å². The molecule has 0 spiro atoms. The minimum absolute atomic E-state index is 0.152. The molecule has 3 aromatic rings. The Labute approximate surface area is 164 Å². The fourth-order valence-electron chi connectivity index (χ4n) is 2.25. The third-order valence-corrected chi connectivity index (χ3v) is 5.33. The largest absolute Gasteiger partial charge is 0.321 e. The van der Waals surface area contributed by atoms with E-state index in [9.17, 15) is 22.0 Å². The van der Waals surface area contributed by atoms with Crippen LogP contribution in [0.25, 0.3) is 0 Å². The summed E-state index contributed by atoms with van der Waals surface area (Å²) in [6.45, 7) is 0. The number of aromatic nitrogens is 2. The minimum atomic E-state index is -4.01. The molecular formula is C18H12ClF2N3O3S. The van der Waals surface area contributed by atoms with E-state index in [0.29, 0.717) is 5.56 Å². The number of amides is 1. The fraction of sp³-hybridized carbons (Fsp3) is 0.0556. The molecule has 0 atom stereocenters. The molecule has 0 aliphatic rings. The van der Waals surface area contributed by atoms with Crippen molar-refractivity contribution in [1.29, 1.82) is 0 Å². The minimum Gasteiger partial charge on any atom is -0.321 e. The molecule has 0 aliphatic carbocycles. The number of nitrogens with zero attached hydrogens (tertiary/aromatic N) is 2. The second kappa shape index (κ2) is 7.99. The maximum Gasteiger partial charge on any atom is 0.275 e. The number of halogens is 3. The third-order valence-electron chi connectivity index (χ3n) is 3.59. The van der Waals surface area contributed by atoms with Crippen molar-refractivity contribution in [2.24, 2.45) is 0 Å². The van der Waals surface area contributed by atoms with Crippen LogP contribution in [0.2, 0.25) is 5.02 Å². The lowest BCUT2D eigenvalue weighted by atomic mass is 10.2. The molecule has 0 bridgehead atoms. The van der Waals surface area contributed by atoms with Gasteiger partial charge in [-0.15, -0.1) is 0 Å². The Bertz CT molecular complexity index is 1120. The van der Waals surface area contributed by atoms with Crippen molar-refractivity contribution in [1.82, 2.24) is 9.97 Å². The normalized spacial score (nSPS) is 11.2. The Morgan fingerprint density at radius 1 is 1.00 bits per heavy atom. The topological polar surface area (TPSA) is 89.0 Å². The van der Waals surface area contributed by atoms with Gasteiger partial charge >= 0.3 is 0 Å². The Balaban J connectivity index is 1.86. The molecule has 0 saturated carbocycles. The number of sulfone groups is 1. The second-order valence-corrected chi connectivity index (χ2v) is 7.99. The predicted molar refractivity (Wildman–Crippen MR) is 98.7 cm³/mol. The van der Waals surface area contributed by atoms with Gasteiger partial charge in [-0.25, -0.2) is 27.2 Å². The van der Waals surface area contributed by atoms with E-state index >= 15 is 0 Å². The van der Waals surface area contributed by atoms with Crippen molar-refractivity contribution in [2.45, 2.75) is 10.9 Å². The maximum absolute atomic E-state index is 13.0. The molecule has 0 fully saturated rings.